The average Bonchev–Trinajstić information content (AvgIpc) is 3.27. The molecular weight excluding hydrogens is 317 g/mol. The van der Waals surface area contributed by atoms with Crippen molar-refractivity contribution in [2.75, 3.05) is 0 Å². The van der Waals surface area contributed by atoms with Gasteiger partial charge in [-0.3, -0.25) is 0 Å². The van der Waals surface area contributed by atoms with Gasteiger partial charge in [-0.1, -0.05) is 52.3 Å². The summed E-state index contributed by atoms with van der Waals surface area (Å²) in [5.41, 5.74) is 2.02. The summed E-state index contributed by atoms with van der Waals surface area (Å²) in [5, 5.41) is 3.52. The van der Waals surface area contributed by atoms with Crippen LogP contribution in [-0.2, 0) is 6.54 Å². The molecule has 0 spiro atoms. The fourth-order valence-electron chi connectivity index (χ4n) is 2.53. The van der Waals surface area contributed by atoms with E-state index in [1.807, 2.05) is 18.2 Å². The van der Waals surface area contributed by atoms with E-state index in [1.54, 1.807) is 0 Å². The van der Waals surface area contributed by atoms with Gasteiger partial charge in [0.2, 0.25) is 0 Å². The molecule has 3 heteroatoms. The minimum atomic E-state index is -0.158. The van der Waals surface area contributed by atoms with Crippen molar-refractivity contribution in [2.45, 2.75) is 25.4 Å². The number of hydrogen-bond donors (Lipinski definition) is 1. The van der Waals surface area contributed by atoms with Crippen LogP contribution in [0.5, 0.6) is 0 Å². The molecule has 1 fully saturated rings. The zero-order valence-electron chi connectivity index (χ0n) is 11.2. The summed E-state index contributed by atoms with van der Waals surface area (Å²) in [6.45, 7) is 0.565. The lowest BCUT2D eigenvalue weighted by Gasteiger charge is -2.19. The number of rotatable bonds is 5. The first-order chi connectivity index (χ1) is 9.74. The zero-order chi connectivity index (χ0) is 13.9. The molecule has 1 aliphatic carbocycles. The Morgan fingerprint density at radius 2 is 1.90 bits per heavy atom. The van der Waals surface area contributed by atoms with E-state index in [0.29, 0.717) is 18.5 Å². The molecule has 0 aliphatic heterocycles. The second kappa shape index (κ2) is 6.06. The highest BCUT2D eigenvalue weighted by molar-refractivity contribution is 9.10. The standard InChI is InChI=1S/C17H17BrFN/c18-15-9-8-14(16(19)10-15)11-20-17(13-6-7-13)12-4-2-1-3-5-12/h1-5,8-10,13,17,20H,6-7,11H2. The molecule has 1 unspecified atom stereocenters. The number of benzene rings is 2. The molecule has 104 valence electrons. The van der Waals surface area contributed by atoms with Crippen molar-refractivity contribution < 1.29 is 4.39 Å². The highest BCUT2D eigenvalue weighted by Gasteiger charge is 2.31. The van der Waals surface area contributed by atoms with Crippen molar-refractivity contribution in [3.63, 3.8) is 0 Å². The van der Waals surface area contributed by atoms with E-state index in [-0.39, 0.29) is 5.82 Å². The third-order valence-corrected chi connectivity index (χ3v) is 4.27. The molecule has 0 heterocycles. The summed E-state index contributed by atoms with van der Waals surface area (Å²) in [6, 6.07) is 16.0. The number of hydrogen-bond acceptors (Lipinski definition) is 1. The monoisotopic (exact) mass is 333 g/mol. The molecular formula is C17H17BrFN. The smallest absolute Gasteiger partial charge is 0.128 e. The van der Waals surface area contributed by atoms with Crippen LogP contribution in [0.3, 0.4) is 0 Å². The minimum Gasteiger partial charge on any atom is -0.306 e. The lowest BCUT2D eigenvalue weighted by molar-refractivity contribution is 0.471. The molecule has 1 nitrogen and oxygen atoms in total. The van der Waals surface area contributed by atoms with Gasteiger partial charge in [-0.2, -0.15) is 0 Å². The summed E-state index contributed by atoms with van der Waals surface area (Å²) >= 11 is 3.29. The first kappa shape index (κ1) is 13.8. The third kappa shape index (κ3) is 3.28. The molecule has 1 atom stereocenters. The largest absolute Gasteiger partial charge is 0.306 e. The minimum absolute atomic E-state index is 0.158. The van der Waals surface area contributed by atoms with Crippen LogP contribution in [-0.4, -0.2) is 0 Å². The van der Waals surface area contributed by atoms with Gasteiger partial charge in [0.15, 0.2) is 0 Å². The van der Waals surface area contributed by atoms with E-state index in [9.17, 15) is 4.39 Å². The Morgan fingerprint density at radius 1 is 1.15 bits per heavy atom. The number of nitrogens with one attached hydrogen (secondary N) is 1. The normalized spacial score (nSPS) is 16.1. The van der Waals surface area contributed by atoms with Gasteiger partial charge in [0.25, 0.3) is 0 Å². The summed E-state index contributed by atoms with van der Waals surface area (Å²) in [4.78, 5) is 0. The molecule has 0 radical (unpaired) electrons. The van der Waals surface area contributed by atoms with Gasteiger partial charge in [0.1, 0.15) is 5.82 Å². The topological polar surface area (TPSA) is 12.0 Å². The Labute approximate surface area is 127 Å². The summed E-state index contributed by atoms with van der Waals surface area (Å²) in [5.74, 6) is 0.533. The van der Waals surface area contributed by atoms with Gasteiger partial charge in [0, 0.05) is 22.6 Å². The van der Waals surface area contributed by atoms with Gasteiger partial charge < -0.3 is 5.32 Å². The van der Waals surface area contributed by atoms with Gasteiger partial charge in [0.05, 0.1) is 0 Å². The molecule has 2 aromatic carbocycles. The quantitative estimate of drug-likeness (QED) is 0.826. The second-order valence-electron chi connectivity index (χ2n) is 5.34. The third-order valence-electron chi connectivity index (χ3n) is 3.78. The Balaban J connectivity index is 1.72. The molecule has 0 saturated heterocycles. The van der Waals surface area contributed by atoms with Gasteiger partial charge in [-0.25, -0.2) is 4.39 Å². The van der Waals surface area contributed by atoms with Crippen LogP contribution in [0.1, 0.15) is 30.0 Å². The maximum absolute atomic E-state index is 13.9. The van der Waals surface area contributed by atoms with Crippen molar-refractivity contribution in [3.8, 4) is 0 Å². The van der Waals surface area contributed by atoms with Crippen LogP contribution in [0.25, 0.3) is 0 Å². The van der Waals surface area contributed by atoms with E-state index >= 15 is 0 Å². The van der Waals surface area contributed by atoms with Gasteiger partial charge in [-0.05, 0) is 36.5 Å². The number of halogens is 2. The molecule has 1 saturated carbocycles. The van der Waals surface area contributed by atoms with Crippen molar-refractivity contribution >= 4 is 15.9 Å². The first-order valence-corrected chi connectivity index (χ1v) is 7.75. The van der Waals surface area contributed by atoms with Crippen LogP contribution in [0, 0.1) is 11.7 Å². The molecule has 20 heavy (non-hydrogen) atoms. The maximum atomic E-state index is 13.9. The second-order valence-corrected chi connectivity index (χ2v) is 6.26. The summed E-state index contributed by atoms with van der Waals surface area (Å²) in [6.07, 6.45) is 2.52. The van der Waals surface area contributed by atoms with Crippen molar-refractivity contribution in [1.29, 1.82) is 0 Å². The lowest BCUT2D eigenvalue weighted by Crippen LogP contribution is -2.23. The van der Waals surface area contributed by atoms with E-state index in [4.69, 9.17) is 0 Å². The maximum Gasteiger partial charge on any atom is 0.128 e. The van der Waals surface area contributed by atoms with E-state index in [1.165, 1.54) is 24.5 Å². The zero-order valence-corrected chi connectivity index (χ0v) is 12.7. The van der Waals surface area contributed by atoms with Crippen molar-refractivity contribution in [1.82, 2.24) is 5.32 Å². The predicted molar refractivity (Wildman–Crippen MR) is 82.8 cm³/mol. The van der Waals surface area contributed by atoms with Gasteiger partial charge >= 0.3 is 0 Å². The summed E-state index contributed by atoms with van der Waals surface area (Å²) < 4.78 is 14.6. The Bertz CT molecular complexity index is 581. The molecule has 3 rings (SSSR count). The molecule has 2 aromatic rings. The fourth-order valence-corrected chi connectivity index (χ4v) is 2.86. The fraction of sp³-hybridized carbons (Fsp3) is 0.294. The molecule has 1 aliphatic rings. The van der Waals surface area contributed by atoms with Crippen molar-refractivity contribution in [3.05, 3.63) is 69.9 Å². The van der Waals surface area contributed by atoms with Crippen LogP contribution in [0.4, 0.5) is 4.39 Å². The molecule has 0 aromatic heterocycles. The van der Waals surface area contributed by atoms with E-state index in [2.05, 4.69) is 45.5 Å². The van der Waals surface area contributed by atoms with Crippen LogP contribution in [0.2, 0.25) is 0 Å². The van der Waals surface area contributed by atoms with Crippen LogP contribution < -0.4 is 5.32 Å². The lowest BCUT2D eigenvalue weighted by atomic mass is 10.0. The molecule has 1 N–H and O–H groups in total. The van der Waals surface area contributed by atoms with Crippen LogP contribution >= 0.6 is 15.9 Å². The predicted octanol–water partition coefficient (Wildman–Crippen LogP) is 4.83. The highest BCUT2D eigenvalue weighted by Crippen LogP contribution is 2.41. The molecule has 0 amide bonds. The average molecular weight is 334 g/mol. The van der Waals surface area contributed by atoms with Gasteiger partial charge in [-0.15, -0.1) is 0 Å². The summed E-state index contributed by atoms with van der Waals surface area (Å²) in [7, 11) is 0. The molecule has 0 bridgehead atoms. The van der Waals surface area contributed by atoms with E-state index < -0.39 is 0 Å². The highest BCUT2D eigenvalue weighted by atomic mass is 79.9. The Kier molecular flexibility index (Phi) is 4.18. The first-order valence-electron chi connectivity index (χ1n) is 6.96. The Hall–Kier alpha value is -1.19. The van der Waals surface area contributed by atoms with E-state index in [0.717, 1.165) is 10.0 Å². The Morgan fingerprint density at radius 3 is 2.55 bits per heavy atom. The van der Waals surface area contributed by atoms with Crippen molar-refractivity contribution in [2.24, 2.45) is 5.92 Å². The SMILES string of the molecule is Fc1cc(Br)ccc1CNC(c1ccccc1)C1CC1. The van der Waals surface area contributed by atoms with Crippen LogP contribution in [0.15, 0.2) is 53.0 Å².